The summed E-state index contributed by atoms with van der Waals surface area (Å²) >= 11 is 3.59. The number of halogens is 1. The predicted molar refractivity (Wildman–Crippen MR) is 93.1 cm³/mol. The highest BCUT2D eigenvalue weighted by Crippen LogP contribution is 2.29. The lowest BCUT2D eigenvalue weighted by atomic mass is 9.83. The van der Waals surface area contributed by atoms with Crippen molar-refractivity contribution in [3.8, 4) is 5.75 Å². The minimum Gasteiger partial charge on any atom is -0.496 e. The maximum absolute atomic E-state index is 5.31. The quantitative estimate of drug-likeness (QED) is 0.748. The van der Waals surface area contributed by atoms with Gasteiger partial charge in [0.05, 0.1) is 11.6 Å². The van der Waals surface area contributed by atoms with Gasteiger partial charge in [0.1, 0.15) is 5.75 Å². The van der Waals surface area contributed by atoms with Crippen molar-refractivity contribution in [1.82, 2.24) is 5.32 Å². The maximum Gasteiger partial charge on any atom is 0.133 e. The fourth-order valence-electron chi connectivity index (χ4n) is 3.47. The van der Waals surface area contributed by atoms with E-state index in [9.17, 15) is 0 Å². The molecule has 0 saturated heterocycles. The summed E-state index contributed by atoms with van der Waals surface area (Å²) in [6, 6.07) is 7.04. The van der Waals surface area contributed by atoms with Crippen molar-refractivity contribution in [3.63, 3.8) is 0 Å². The van der Waals surface area contributed by atoms with Crippen LogP contribution < -0.4 is 10.1 Å². The van der Waals surface area contributed by atoms with E-state index < -0.39 is 0 Å². The summed E-state index contributed by atoms with van der Waals surface area (Å²) in [4.78, 5) is 0. The Morgan fingerprint density at radius 3 is 2.67 bits per heavy atom. The molecule has 1 atom stereocenters. The van der Waals surface area contributed by atoms with E-state index in [-0.39, 0.29) is 0 Å². The fraction of sp³-hybridized carbons (Fsp3) is 0.667. The molecule has 1 saturated carbocycles. The zero-order chi connectivity index (χ0) is 15.1. The number of rotatable bonds is 7. The van der Waals surface area contributed by atoms with Gasteiger partial charge in [0.15, 0.2) is 0 Å². The molecule has 1 aliphatic carbocycles. The minimum atomic E-state index is 0.596. The molecule has 118 valence electrons. The van der Waals surface area contributed by atoms with E-state index in [1.807, 2.05) is 0 Å². The fourth-order valence-corrected chi connectivity index (χ4v) is 4.06. The van der Waals surface area contributed by atoms with E-state index in [1.165, 1.54) is 44.1 Å². The molecule has 3 heteroatoms. The van der Waals surface area contributed by atoms with Crippen LogP contribution in [0.2, 0.25) is 0 Å². The molecule has 2 nitrogen and oxygen atoms in total. The predicted octanol–water partition coefficient (Wildman–Crippen LogP) is 4.95. The first-order chi connectivity index (χ1) is 10.2. The Bertz CT molecular complexity index is 429. The van der Waals surface area contributed by atoms with Crippen LogP contribution in [0.25, 0.3) is 0 Å². The molecule has 1 aliphatic rings. The summed E-state index contributed by atoms with van der Waals surface area (Å²) in [6.07, 6.45) is 9.57. The number of methoxy groups -OCH3 is 1. The van der Waals surface area contributed by atoms with Gasteiger partial charge in [-0.1, -0.05) is 45.1 Å². The third-order valence-electron chi connectivity index (χ3n) is 4.53. The largest absolute Gasteiger partial charge is 0.496 e. The number of benzene rings is 1. The van der Waals surface area contributed by atoms with Crippen LogP contribution in [-0.4, -0.2) is 19.7 Å². The second-order valence-corrected chi connectivity index (χ2v) is 7.02. The lowest BCUT2D eigenvalue weighted by Crippen LogP contribution is -2.33. The Labute approximate surface area is 137 Å². The number of nitrogens with one attached hydrogen (secondary N) is 1. The maximum atomic E-state index is 5.31. The van der Waals surface area contributed by atoms with Crippen LogP contribution in [0.15, 0.2) is 22.7 Å². The Kier molecular flexibility index (Phi) is 7.05. The molecule has 21 heavy (non-hydrogen) atoms. The first-order valence-electron chi connectivity index (χ1n) is 8.28. The second-order valence-electron chi connectivity index (χ2n) is 6.17. The Morgan fingerprint density at radius 1 is 1.29 bits per heavy atom. The third-order valence-corrected chi connectivity index (χ3v) is 5.15. The molecule has 0 aromatic heterocycles. The standard InChI is InChI=1S/C18H28BrNO/c1-3-20-16(11-14-7-5-4-6-8-14)12-15-9-10-18(21-2)17(19)13-15/h9-10,13-14,16,20H,3-8,11-12H2,1-2H3. The van der Waals surface area contributed by atoms with Gasteiger partial charge in [-0.2, -0.15) is 0 Å². The van der Waals surface area contributed by atoms with Crippen molar-refractivity contribution in [1.29, 1.82) is 0 Å². The van der Waals surface area contributed by atoms with Gasteiger partial charge in [0, 0.05) is 6.04 Å². The van der Waals surface area contributed by atoms with Gasteiger partial charge in [-0.15, -0.1) is 0 Å². The SMILES string of the molecule is CCNC(Cc1ccc(OC)c(Br)c1)CC1CCCCC1. The van der Waals surface area contributed by atoms with Gasteiger partial charge >= 0.3 is 0 Å². The van der Waals surface area contributed by atoms with Gasteiger partial charge in [-0.25, -0.2) is 0 Å². The van der Waals surface area contributed by atoms with E-state index >= 15 is 0 Å². The molecule has 1 unspecified atom stereocenters. The van der Waals surface area contributed by atoms with Gasteiger partial charge in [-0.05, 0) is 58.9 Å². The molecular formula is C18H28BrNO. The number of ether oxygens (including phenoxy) is 1. The molecule has 1 aromatic rings. The number of hydrogen-bond acceptors (Lipinski definition) is 2. The Balaban J connectivity index is 1.96. The highest BCUT2D eigenvalue weighted by Gasteiger charge is 2.19. The summed E-state index contributed by atoms with van der Waals surface area (Å²) in [6.45, 7) is 3.26. The van der Waals surface area contributed by atoms with Crippen molar-refractivity contribution in [3.05, 3.63) is 28.2 Å². The molecule has 0 heterocycles. The molecule has 2 rings (SSSR count). The van der Waals surface area contributed by atoms with E-state index in [4.69, 9.17) is 4.74 Å². The zero-order valence-corrected chi connectivity index (χ0v) is 14.9. The van der Waals surface area contributed by atoms with Crippen molar-refractivity contribution < 1.29 is 4.74 Å². The van der Waals surface area contributed by atoms with E-state index in [0.29, 0.717) is 6.04 Å². The van der Waals surface area contributed by atoms with Crippen LogP contribution in [0, 0.1) is 5.92 Å². The van der Waals surface area contributed by atoms with Gasteiger partial charge in [0.25, 0.3) is 0 Å². The zero-order valence-electron chi connectivity index (χ0n) is 13.3. The Hall–Kier alpha value is -0.540. The average Bonchev–Trinajstić information content (AvgIpc) is 2.49. The lowest BCUT2D eigenvalue weighted by Gasteiger charge is -2.27. The van der Waals surface area contributed by atoms with E-state index in [0.717, 1.165) is 29.1 Å². The first kappa shape index (κ1) is 16.8. The van der Waals surface area contributed by atoms with Gasteiger partial charge in [0.2, 0.25) is 0 Å². The minimum absolute atomic E-state index is 0.596. The third kappa shape index (κ3) is 5.30. The van der Waals surface area contributed by atoms with Crippen LogP contribution in [-0.2, 0) is 6.42 Å². The summed E-state index contributed by atoms with van der Waals surface area (Å²) in [7, 11) is 1.71. The summed E-state index contributed by atoms with van der Waals surface area (Å²) in [5.41, 5.74) is 1.38. The number of likely N-dealkylation sites (N-methyl/N-ethyl adjacent to an activating group) is 1. The molecule has 0 radical (unpaired) electrons. The smallest absolute Gasteiger partial charge is 0.133 e. The van der Waals surface area contributed by atoms with E-state index in [1.54, 1.807) is 7.11 Å². The average molecular weight is 354 g/mol. The molecular weight excluding hydrogens is 326 g/mol. The highest BCUT2D eigenvalue weighted by molar-refractivity contribution is 9.10. The van der Waals surface area contributed by atoms with Crippen molar-refractivity contribution in [2.45, 2.75) is 57.9 Å². The van der Waals surface area contributed by atoms with E-state index in [2.05, 4.69) is 46.4 Å². The van der Waals surface area contributed by atoms with Crippen LogP contribution in [0.5, 0.6) is 5.75 Å². The van der Waals surface area contributed by atoms with Crippen molar-refractivity contribution >= 4 is 15.9 Å². The van der Waals surface area contributed by atoms with Crippen molar-refractivity contribution in [2.24, 2.45) is 5.92 Å². The van der Waals surface area contributed by atoms with Crippen LogP contribution in [0.3, 0.4) is 0 Å². The number of hydrogen-bond donors (Lipinski definition) is 1. The molecule has 0 bridgehead atoms. The van der Waals surface area contributed by atoms with Crippen molar-refractivity contribution in [2.75, 3.05) is 13.7 Å². The molecule has 1 aromatic carbocycles. The topological polar surface area (TPSA) is 21.3 Å². The van der Waals surface area contributed by atoms with Crippen LogP contribution in [0.4, 0.5) is 0 Å². The summed E-state index contributed by atoms with van der Waals surface area (Å²) in [5.74, 6) is 1.83. The molecule has 1 N–H and O–H groups in total. The molecule has 1 fully saturated rings. The first-order valence-corrected chi connectivity index (χ1v) is 9.08. The molecule has 0 aliphatic heterocycles. The second kappa shape index (κ2) is 8.79. The summed E-state index contributed by atoms with van der Waals surface area (Å²) < 4.78 is 6.36. The monoisotopic (exact) mass is 353 g/mol. The highest BCUT2D eigenvalue weighted by atomic mass is 79.9. The lowest BCUT2D eigenvalue weighted by molar-refractivity contribution is 0.298. The normalized spacial score (nSPS) is 17.7. The summed E-state index contributed by atoms with van der Waals surface area (Å²) in [5, 5.41) is 3.68. The van der Waals surface area contributed by atoms with Gasteiger partial charge in [-0.3, -0.25) is 0 Å². The van der Waals surface area contributed by atoms with Gasteiger partial charge < -0.3 is 10.1 Å². The molecule has 0 amide bonds. The Morgan fingerprint density at radius 2 is 2.05 bits per heavy atom. The van der Waals surface area contributed by atoms with Crippen LogP contribution >= 0.6 is 15.9 Å². The molecule has 0 spiro atoms. The van der Waals surface area contributed by atoms with Crippen LogP contribution in [0.1, 0.15) is 51.0 Å².